The fourth-order valence-electron chi connectivity index (χ4n) is 1.73. The van der Waals surface area contributed by atoms with Crippen LogP contribution in [-0.2, 0) is 14.1 Å². The van der Waals surface area contributed by atoms with Crippen LogP contribution in [0.1, 0.15) is 27.7 Å². The van der Waals surface area contributed by atoms with Crippen LogP contribution in [0.15, 0.2) is 12.1 Å². The van der Waals surface area contributed by atoms with Crippen molar-refractivity contribution in [3.8, 4) is 0 Å². The fourth-order valence-corrected chi connectivity index (χ4v) is 1.73. The Kier molecular flexibility index (Phi) is 3.36. The normalized spacial score (nSPS) is 20.4. The van der Waals surface area contributed by atoms with E-state index in [0.29, 0.717) is 6.41 Å². The molecule has 0 aromatic carbocycles. The number of carbonyl (C=O) groups excluding carboxylic acids is 1. The van der Waals surface area contributed by atoms with Crippen LogP contribution in [0.3, 0.4) is 0 Å². The average molecular weight is 266 g/mol. The standard InChI is InChI=1S/C12H16BFN2O3/c1-11(2)12(3,4)19-13(18-11)8-5-6-9(15-7-17)16-10(8)14/h5-7H,1-4H3,(H,15,16,17). The highest BCUT2D eigenvalue weighted by Gasteiger charge is 2.52. The zero-order valence-electron chi connectivity index (χ0n) is 11.4. The predicted octanol–water partition coefficient (Wildman–Crippen LogP) is 1.09. The number of rotatable bonds is 3. The van der Waals surface area contributed by atoms with Crippen LogP contribution in [0.25, 0.3) is 0 Å². The van der Waals surface area contributed by atoms with Crippen LogP contribution in [0, 0.1) is 5.95 Å². The third kappa shape index (κ3) is 2.48. The van der Waals surface area contributed by atoms with Gasteiger partial charge in [-0.15, -0.1) is 0 Å². The number of aromatic nitrogens is 1. The number of amides is 1. The van der Waals surface area contributed by atoms with E-state index in [-0.39, 0.29) is 11.3 Å². The van der Waals surface area contributed by atoms with Gasteiger partial charge in [0.05, 0.1) is 11.2 Å². The quantitative estimate of drug-likeness (QED) is 0.505. The molecule has 7 heteroatoms. The maximum Gasteiger partial charge on any atom is 0.499 e. The smallest absolute Gasteiger partial charge is 0.399 e. The molecule has 1 aromatic rings. The molecule has 0 atom stereocenters. The van der Waals surface area contributed by atoms with Gasteiger partial charge >= 0.3 is 7.12 Å². The van der Waals surface area contributed by atoms with E-state index in [1.165, 1.54) is 12.1 Å². The highest BCUT2D eigenvalue weighted by atomic mass is 19.1. The van der Waals surface area contributed by atoms with Crippen molar-refractivity contribution in [3.63, 3.8) is 0 Å². The molecule has 1 aliphatic heterocycles. The Bertz CT molecular complexity index is 492. The van der Waals surface area contributed by atoms with Crippen molar-refractivity contribution in [2.24, 2.45) is 0 Å². The van der Waals surface area contributed by atoms with Crippen molar-refractivity contribution in [2.45, 2.75) is 38.9 Å². The maximum atomic E-state index is 13.9. The van der Waals surface area contributed by atoms with E-state index >= 15 is 0 Å². The second kappa shape index (κ2) is 4.57. The number of nitrogens with zero attached hydrogens (tertiary/aromatic N) is 1. The first kappa shape index (κ1) is 14.0. The minimum atomic E-state index is -0.803. The molecule has 102 valence electrons. The Morgan fingerprint density at radius 2 is 1.84 bits per heavy atom. The highest BCUT2D eigenvalue weighted by molar-refractivity contribution is 6.62. The molecule has 1 N–H and O–H groups in total. The fraction of sp³-hybridized carbons (Fsp3) is 0.500. The zero-order chi connectivity index (χ0) is 14.3. The summed E-state index contributed by atoms with van der Waals surface area (Å²) in [4.78, 5) is 13.9. The van der Waals surface area contributed by atoms with Crippen molar-refractivity contribution >= 4 is 24.8 Å². The SMILES string of the molecule is CC1(C)OB(c2ccc(NC=O)nc2F)OC1(C)C. The molecule has 1 aliphatic rings. The summed E-state index contributed by atoms with van der Waals surface area (Å²) in [6.07, 6.45) is 0.441. The number of anilines is 1. The lowest BCUT2D eigenvalue weighted by Gasteiger charge is -2.32. The van der Waals surface area contributed by atoms with E-state index in [0.717, 1.165) is 0 Å². The number of pyridine rings is 1. The van der Waals surface area contributed by atoms with Crippen LogP contribution in [0.4, 0.5) is 10.2 Å². The van der Waals surface area contributed by atoms with E-state index in [1.807, 2.05) is 27.7 Å². The number of hydrogen-bond donors (Lipinski definition) is 1. The van der Waals surface area contributed by atoms with E-state index in [1.54, 1.807) is 0 Å². The number of halogens is 1. The summed E-state index contributed by atoms with van der Waals surface area (Å²) in [5.41, 5.74) is -0.858. The molecule has 2 heterocycles. The van der Waals surface area contributed by atoms with Gasteiger partial charge in [0.1, 0.15) is 5.82 Å². The van der Waals surface area contributed by atoms with E-state index in [2.05, 4.69) is 10.3 Å². The van der Waals surface area contributed by atoms with Crippen LogP contribution in [0.5, 0.6) is 0 Å². The Balaban J connectivity index is 2.27. The van der Waals surface area contributed by atoms with E-state index < -0.39 is 24.3 Å². The lowest BCUT2D eigenvalue weighted by molar-refractivity contribution is -0.105. The molecule has 0 unspecified atom stereocenters. The molecular formula is C12H16BFN2O3. The summed E-state index contributed by atoms with van der Waals surface area (Å²) in [6.45, 7) is 7.56. The minimum Gasteiger partial charge on any atom is -0.399 e. The van der Waals surface area contributed by atoms with Gasteiger partial charge in [0.15, 0.2) is 0 Å². The van der Waals surface area contributed by atoms with Gasteiger partial charge in [0, 0.05) is 5.46 Å². The Morgan fingerprint density at radius 1 is 1.26 bits per heavy atom. The summed E-state index contributed by atoms with van der Waals surface area (Å²) in [7, 11) is -0.803. The minimum absolute atomic E-state index is 0.146. The molecular weight excluding hydrogens is 250 g/mol. The topological polar surface area (TPSA) is 60.5 Å². The monoisotopic (exact) mass is 266 g/mol. The van der Waals surface area contributed by atoms with Gasteiger partial charge in [0.2, 0.25) is 12.4 Å². The van der Waals surface area contributed by atoms with Crippen molar-refractivity contribution in [3.05, 3.63) is 18.1 Å². The molecule has 1 aromatic heterocycles. The Morgan fingerprint density at radius 3 is 2.32 bits per heavy atom. The van der Waals surface area contributed by atoms with Gasteiger partial charge in [-0.25, -0.2) is 4.98 Å². The van der Waals surface area contributed by atoms with Crippen molar-refractivity contribution < 1.29 is 18.5 Å². The van der Waals surface area contributed by atoms with Gasteiger partial charge in [-0.2, -0.15) is 4.39 Å². The lowest BCUT2D eigenvalue weighted by Crippen LogP contribution is -2.41. The first-order valence-electron chi connectivity index (χ1n) is 5.99. The van der Waals surface area contributed by atoms with E-state index in [4.69, 9.17) is 9.31 Å². The first-order valence-corrected chi connectivity index (χ1v) is 5.99. The number of carbonyl (C=O) groups is 1. The van der Waals surface area contributed by atoms with Gasteiger partial charge in [-0.05, 0) is 33.8 Å². The van der Waals surface area contributed by atoms with Crippen LogP contribution < -0.4 is 10.8 Å². The maximum absolute atomic E-state index is 13.9. The summed E-state index contributed by atoms with van der Waals surface area (Å²) in [6, 6.07) is 2.99. The molecule has 0 saturated carbocycles. The number of hydrogen-bond acceptors (Lipinski definition) is 4. The molecule has 1 amide bonds. The molecule has 5 nitrogen and oxygen atoms in total. The molecule has 2 rings (SSSR count). The van der Waals surface area contributed by atoms with E-state index in [9.17, 15) is 9.18 Å². The third-order valence-corrected chi connectivity index (χ3v) is 3.59. The average Bonchev–Trinajstić information content (AvgIpc) is 2.48. The van der Waals surface area contributed by atoms with Crippen LogP contribution in [0.2, 0.25) is 0 Å². The zero-order valence-corrected chi connectivity index (χ0v) is 11.4. The summed E-state index contributed by atoms with van der Waals surface area (Å²) in [5.74, 6) is -0.571. The van der Waals surface area contributed by atoms with Gasteiger partial charge < -0.3 is 14.6 Å². The van der Waals surface area contributed by atoms with Crippen molar-refractivity contribution in [2.75, 3.05) is 5.32 Å². The Hall–Kier alpha value is -1.47. The van der Waals surface area contributed by atoms with Crippen molar-refractivity contribution in [1.29, 1.82) is 0 Å². The van der Waals surface area contributed by atoms with Gasteiger partial charge in [0.25, 0.3) is 0 Å². The van der Waals surface area contributed by atoms with Gasteiger partial charge in [-0.1, -0.05) is 6.07 Å². The molecule has 1 fully saturated rings. The number of nitrogens with one attached hydrogen (secondary N) is 1. The second-order valence-electron chi connectivity index (χ2n) is 5.43. The predicted molar refractivity (Wildman–Crippen MR) is 69.6 cm³/mol. The van der Waals surface area contributed by atoms with Crippen molar-refractivity contribution in [1.82, 2.24) is 4.98 Å². The first-order chi connectivity index (χ1) is 8.77. The summed E-state index contributed by atoms with van der Waals surface area (Å²) in [5, 5.41) is 2.29. The molecule has 19 heavy (non-hydrogen) atoms. The van der Waals surface area contributed by atoms with Gasteiger partial charge in [-0.3, -0.25) is 4.79 Å². The van der Waals surface area contributed by atoms with Crippen LogP contribution >= 0.6 is 0 Å². The second-order valence-corrected chi connectivity index (χ2v) is 5.43. The highest BCUT2D eigenvalue weighted by Crippen LogP contribution is 2.36. The molecule has 0 aliphatic carbocycles. The molecule has 0 radical (unpaired) electrons. The summed E-state index contributed by atoms with van der Waals surface area (Å²) >= 11 is 0. The Labute approximate surface area is 111 Å². The third-order valence-electron chi connectivity index (χ3n) is 3.59. The summed E-state index contributed by atoms with van der Waals surface area (Å²) < 4.78 is 25.4. The molecule has 0 spiro atoms. The largest absolute Gasteiger partial charge is 0.499 e. The molecule has 0 bridgehead atoms. The van der Waals surface area contributed by atoms with Crippen LogP contribution in [-0.4, -0.2) is 29.7 Å². The lowest BCUT2D eigenvalue weighted by atomic mass is 9.80. The molecule has 1 saturated heterocycles.